The lowest BCUT2D eigenvalue weighted by atomic mass is 9.83. The minimum absolute atomic E-state index is 0.838. The summed E-state index contributed by atoms with van der Waals surface area (Å²) in [5, 5.41) is 0. The second-order valence-electron chi connectivity index (χ2n) is 3.98. The quantitative estimate of drug-likeness (QED) is 0.665. The summed E-state index contributed by atoms with van der Waals surface area (Å²) in [6.07, 6.45) is 5.54. The van der Waals surface area contributed by atoms with Crippen molar-refractivity contribution in [3.05, 3.63) is 0 Å². The van der Waals surface area contributed by atoms with Gasteiger partial charge in [0, 0.05) is 0 Å². The van der Waals surface area contributed by atoms with Crippen molar-refractivity contribution >= 4 is 0 Å². The molecule has 0 heterocycles. The van der Waals surface area contributed by atoms with Gasteiger partial charge in [0.1, 0.15) is 0 Å². The highest BCUT2D eigenvalue weighted by Gasteiger charge is 2.29. The van der Waals surface area contributed by atoms with Gasteiger partial charge in [-0.3, -0.25) is 0 Å². The maximum atomic E-state index is 5.72. The zero-order chi connectivity index (χ0) is 8.27. The maximum absolute atomic E-state index is 5.72. The van der Waals surface area contributed by atoms with Crippen molar-refractivity contribution in [1.29, 1.82) is 0 Å². The molecule has 66 valence electrons. The van der Waals surface area contributed by atoms with Crippen LogP contribution < -0.4 is 5.73 Å². The van der Waals surface area contributed by atoms with Gasteiger partial charge in [-0.15, -0.1) is 0 Å². The molecule has 0 bridgehead atoms. The molecule has 2 N–H and O–H groups in total. The van der Waals surface area contributed by atoms with Crippen molar-refractivity contribution in [2.24, 2.45) is 23.5 Å². The van der Waals surface area contributed by atoms with Crippen LogP contribution in [0.1, 0.15) is 39.5 Å². The van der Waals surface area contributed by atoms with E-state index in [0.717, 1.165) is 24.3 Å². The molecule has 1 aliphatic carbocycles. The molecule has 0 aromatic carbocycles. The van der Waals surface area contributed by atoms with Gasteiger partial charge in [-0.1, -0.05) is 26.7 Å². The summed E-state index contributed by atoms with van der Waals surface area (Å²) in [5.74, 6) is 2.67. The van der Waals surface area contributed by atoms with E-state index in [9.17, 15) is 0 Å². The Hall–Kier alpha value is -0.0400. The van der Waals surface area contributed by atoms with Crippen LogP contribution in [0.2, 0.25) is 0 Å². The molecule has 1 saturated carbocycles. The molecule has 1 rings (SSSR count). The first-order valence-corrected chi connectivity index (χ1v) is 4.99. The van der Waals surface area contributed by atoms with Crippen LogP contribution in [0.3, 0.4) is 0 Å². The van der Waals surface area contributed by atoms with Crippen LogP contribution in [0.15, 0.2) is 0 Å². The lowest BCUT2D eigenvalue weighted by Gasteiger charge is -2.23. The number of nitrogens with two attached hydrogens (primary N) is 1. The molecule has 1 heteroatoms. The van der Waals surface area contributed by atoms with Gasteiger partial charge in [-0.05, 0) is 37.1 Å². The van der Waals surface area contributed by atoms with Crippen LogP contribution in [0, 0.1) is 17.8 Å². The molecule has 0 aromatic rings. The second-order valence-corrected chi connectivity index (χ2v) is 3.98. The summed E-state index contributed by atoms with van der Waals surface area (Å²) in [6, 6.07) is 0. The highest BCUT2D eigenvalue weighted by Crippen LogP contribution is 2.37. The van der Waals surface area contributed by atoms with Crippen LogP contribution in [0.5, 0.6) is 0 Å². The Balaban J connectivity index is 2.42. The molecule has 0 radical (unpaired) electrons. The standard InChI is InChI=1S/C10H21N/c1-3-8(2)10-6-4-5-9(10)7-11/h8-10H,3-7,11H2,1-2H3/t8-,9?,10-/m0/s1. The molecule has 0 saturated heterocycles. The molecule has 1 aliphatic rings. The van der Waals surface area contributed by atoms with Crippen LogP contribution in [-0.2, 0) is 0 Å². The van der Waals surface area contributed by atoms with E-state index in [-0.39, 0.29) is 0 Å². The van der Waals surface area contributed by atoms with Crippen molar-refractivity contribution in [2.45, 2.75) is 39.5 Å². The lowest BCUT2D eigenvalue weighted by Crippen LogP contribution is -2.23. The van der Waals surface area contributed by atoms with E-state index < -0.39 is 0 Å². The monoisotopic (exact) mass is 155 g/mol. The Bertz CT molecular complexity index is 111. The van der Waals surface area contributed by atoms with Crippen LogP contribution in [0.4, 0.5) is 0 Å². The average molecular weight is 155 g/mol. The summed E-state index contributed by atoms with van der Waals surface area (Å²) in [7, 11) is 0. The number of rotatable bonds is 3. The summed E-state index contributed by atoms with van der Waals surface area (Å²) in [5.41, 5.74) is 5.72. The zero-order valence-corrected chi connectivity index (χ0v) is 7.84. The maximum Gasteiger partial charge on any atom is -0.00461 e. The second kappa shape index (κ2) is 4.10. The summed E-state index contributed by atoms with van der Waals surface area (Å²) < 4.78 is 0. The molecule has 0 aromatic heterocycles. The highest BCUT2D eigenvalue weighted by molar-refractivity contribution is 4.80. The van der Waals surface area contributed by atoms with Gasteiger partial charge in [0.25, 0.3) is 0 Å². The Kier molecular flexibility index (Phi) is 3.38. The molecule has 0 amide bonds. The van der Waals surface area contributed by atoms with Gasteiger partial charge in [0.15, 0.2) is 0 Å². The lowest BCUT2D eigenvalue weighted by molar-refractivity contribution is 0.277. The molecule has 0 spiro atoms. The van der Waals surface area contributed by atoms with E-state index in [1.807, 2.05) is 0 Å². The van der Waals surface area contributed by atoms with E-state index in [0.29, 0.717) is 0 Å². The molecule has 1 fully saturated rings. The minimum Gasteiger partial charge on any atom is -0.330 e. The van der Waals surface area contributed by atoms with Gasteiger partial charge in [-0.25, -0.2) is 0 Å². The average Bonchev–Trinajstić information content (AvgIpc) is 2.50. The Morgan fingerprint density at radius 3 is 2.73 bits per heavy atom. The fourth-order valence-corrected chi connectivity index (χ4v) is 2.41. The van der Waals surface area contributed by atoms with Crippen molar-refractivity contribution < 1.29 is 0 Å². The van der Waals surface area contributed by atoms with Crippen LogP contribution >= 0.6 is 0 Å². The largest absolute Gasteiger partial charge is 0.330 e. The number of hydrogen-bond donors (Lipinski definition) is 1. The van der Waals surface area contributed by atoms with E-state index in [2.05, 4.69) is 13.8 Å². The fourth-order valence-electron chi connectivity index (χ4n) is 2.41. The van der Waals surface area contributed by atoms with Crippen LogP contribution in [0.25, 0.3) is 0 Å². The van der Waals surface area contributed by atoms with Crippen LogP contribution in [-0.4, -0.2) is 6.54 Å². The van der Waals surface area contributed by atoms with E-state index >= 15 is 0 Å². The summed E-state index contributed by atoms with van der Waals surface area (Å²) >= 11 is 0. The normalized spacial score (nSPS) is 34.1. The summed E-state index contributed by atoms with van der Waals surface area (Å²) in [4.78, 5) is 0. The van der Waals surface area contributed by atoms with Gasteiger partial charge in [-0.2, -0.15) is 0 Å². The predicted octanol–water partition coefficient (Wildman–Crippen LogP) is 2.41. The topological polar surface area (TPSA) is 26.0 Å². The minimum atomic E-state index is 0.838. The van der Waals surface area contributed by atoms with Crippen molar-refractivity contribution in [2.75, 3.05) is 6.54 Å². The van der Waals surface area contributed by atoms with Crippen molar-refractivity contribution in [3.8, 4) is 0 Å². The molecule has 1 unspecified atom stereocenters. The molecule has 11 heavy (non-hydrogen) atoms. The van der Waals surface area contributed by atoms with Crippen molar-refractivity contribution in [3.63, 3.8) is 0 Å². The third-order valence-corrected chi connectivity index (χ3v) is 3.40. The van der Waals surface area contributed by atoms with E-state index in [1.165, 1.54) is 25.7 Å². The van der Waals surface area contributed by atoms with E-state index in [4.69, 9.17) is 5.73 Å². The molecule has 0 aliphatic heterocycles. The first kappa shape index (κ1) is 9.05. The van der Waals surface area contributed by atoms with E-state index in [1.54, 1.807) is 0 Å². The highest BCUT2D eigenvalue weighted by atomic mass is 14.6. The van der Waals surface area contributed by atoms with Crippen molar-refractivity contribution in [1.82, 2.24) is 0 Å². The summed E-state index contributed by atoms with van der Waals surface area (Å²) in [6.45, 7) is 5.57. The smallest absolute Gasteiger partial charge is 0.00461 e. The number of hydrogen-bond acceptors (Lipinski definition) is 1. The molecular weight excluding hydrogens is 134 g/mol. The first-order chi connectivity index (χ1) is 5.29. The Morgan fingerprint density at radius 2 is 2.18 bits per heavy atom. The molecule has 1 nitrogen and oxygen atoms in total. The predicted molar refractivity (Wildman–Crippen MR) is 49.3 cm³/mol. The molecular formula is C10H21N. The third-order valence-electron chi connectivity index (χ3n) is 3.40. The zero-order valence-electron chi connectivity index (χ0n) is 7.84. The fraction of sp³-hybridized carbons (Fsp3) is 1.00. The van der Waals surface area contributed by atoms with Gasteiger partial charge in [0.2, 0.25) is 0 Å². The van der Waals surface area contributed by atoms with Gasteiger partial charge < -0.3 is 5.73 Å². The third kappa shape index (κ3) is 1.96. The first-order valence-electron chi connectivity index (χ1n) is 4.99. The Morgan fingerprint density at radius 1 is 1.45 bits per heavy atom. The Labute approximate surface area is 70.4 Å². The molecule has 3 atom stereocenters. The van der Waals surface area contributed by atoms with Gasteiger partial charge in [0.05, 0.1) is 0 Å². The SMILES string of the molecule is CC[C@H](C)[C@@H]1CCCC1CN. The van der Waals surface area contributed by atoms with Gasteiger partial charge >= 0.3 is 0 Å².